The Morgan fingerprint density at radius 1 is 1.11 bits per heavy atom. The summed E-state index contributed by atoms with van der Waals surface area (Å²) in [5.74, 6) is 1.45. The van der Waals surface area contributed by atoms with Gasteiger partial charge < -0.3 is 20.5 Å². The quantitative estimate of drug-likeness (QED) is 0.370. The maximum absolute atomic E-state index is 9.31. The van der Waals surface area contributed by atoms with Crippen LogP contribution in [0, 0.1) is 11.3 Å². The topological polar surface area (TPSA) is 69.1 Å². The number of ether oxygens (including phenoxy) is 1. The van der Waals surface area contributed by atoms with Crippen molar-refractivity contribution in [2.45, 2.75) is 65.2 Å². The van der Waals surface area contributed by atoms with E-state index in [0.29, 0.717) is 11.3 Å². The highest BCUT2D eigenvalue weighted by Gasteiger charge is 2.34. The van der Waals surface area contributed by atoms with Crippen molar-refractivity contribution in [3.05, 3.63) is 0 Å². The van der Waals surface area contributed by atoms with Crippen molar-refractivity contribution in [1.29, 1.82) is 0 Å². The second-order valence-electron chi connectivity index (χ2n) is 8.69. The normalized spacial score (nSPS) is 22.0. The molecule has 0 bridgehead atoms. The van der Waals surface area contributed by atoms with E-state index in [1.54, 1.807) is 0 Å². The Labute approximate surface area is 172 Å². The highest BCUT2D eigenvalue weighted by atomic mass is 16.5. The second kappa shape index (κ2) is 13.4. The van der Waals surface area contributed by atoms with E-state index in [2.05, 4.69) is 29.4 Å². The summed E-state index contributed by atoms with van der Waals surface area (Å²) in [7, 11) is 0. The number of nitrogens with one attached hydrogen (secondary N) is 2. The number of morpholine rings is 1. The third kappa shape index (κ3) is 8.26. The van der Waals surface area contributed by atoms with Crippen molar-refractivity contribution in [3.63, 3.8) is 0 Å². The summed E-state index contributed by atoms with van der Waals surface area (Å²) in [5.41, 5.74) is 0.311. The Balaban J connectivity index is 1.96. The average molecular weight is 397 g/mol. The molecule has 1 saturated heterocycles. The molecule has 28 heavy (non-hydrogen) atoms. The minimum atomic E-state index is 0.267. The molecule has 0 spiro atoms. The molecule has 6 nitrogen and oxygen atoms in total. The van der Waals surface area contributed by atoms with E-state index in [9.17, 15) is 5.11 Å². The van der Waals surface area contributed by atoms with Gasteiger partial charge in [0, 0.05) is 51.3 Å². The molecule has 0 aromatic carbocycles. The van der Waals surface area contributed by atoms with Gasteiger partial charge in [-0.2, -0.15) is 0 Å². The maximum atomic E-state index is 9.31. The van der Waals surface area contributed by atoms with Gasteiger partial charge in [0.05, 0.1) is 13.2 Å². The minimum Gasteiger partial charge on any atom is -0.396 e. The van der Waals surface area contributed by atoms with Gasteiger partial charge in [0.15, 0.2) is 5.96 Å². The smallest absolute Gasteiger partial charge is 0.191 e. The van der Waals surface area contributed by atoms with Gasteiger partial charge in [-0.15, -0.1) is 0 Å². The number of guanidine groups is 1. The van der Waals surface area contributed by atoms with Crippen molar-refractivity contribution < 1.29 is 9.84 Å². The van der Waals surface area contributed by atoms with Crippen LogP contribution < -0.4 is 10.6 Å². The Morgan fingerprint density at radius 2 is 1.86 bits per heavy atom. The third-order valence-corrected chi connectivity index (χ3v) is 6.29. The zero-order valence-corrected chi connectivity index (χ0v) is 18.3. The summed E-state index contributed by atoms with van der Waals surface area (Å²) in [6.07, 6.45) is 9.77. The lowest BCUT2D eigenvalue weighted by Gasteiger charge is -2.41. The van der Waals surface area contributed by atoms with Crippen molar-refractivity contribution in [3.8, 4) is 0 Å². The lowest BCUT2D eigenvalue weighted by molar-refractivity contribution is 0.00937. The Kier molecular flexibility index (Phi) is 11.2. The molecule has 1 unspecified atom stereocenters. The summed E-state index contributed by atoms with van der Waals surface area (Å²) >= 11 is 0. The number of hydrogen-bond acceptors (Lipinski definition) is 4. The fourth-order valence-electron chi connectivity index (χ4n) is 4.67. The van der Waals surface area contributed by atoms with E-state index >= 15 is 0 Å². The number of aliphatic hydroxyl groups excluding tert-OH is 1. The molecule has 1 heterocycles. The first-order valence-corrected chi connectivity index (χ1v) is 11.6. The predicted octanol–water partition coefficient (Wildman–Crippen LogP) is 2.62. The van der Waals surface area contributed by atoms with Crippen LogP contribution in [0.5, 0.6) is 0 Å². The van der Waals surface area contributed by atoms with Gasteiger partial charge in [-0.05, 0) is 38.5 Å². The van der Waals surface area contributed by atoms with Crippen LogP contribution in [-0.4, -0.2) is 75.1 Å². The van der Waals surface area contributed by atoms with E-state index in [4.69, 9.17) is 9.73 Å². The maximum Gasteiger partial charge on any atom is 0.191 e. The highest BCUT2D eigenvalue weighted by molar-refractivity contribution is 5.79. The van der Waals surface area contributed by atoms with Crippen molar-refractivity contribution in [2.75, 3.05) is 59.1 Å². The van der Waals surface area contributed by atoms with Crippen molar-refractivity contribution in [1.82, 2.24) is 15.5 Å². The zero-order valence-electron chi connectivity index (χ0n) is 18.3. The Bertz CT molecular complexity index is 426. The van der Waals surface area contributed by atoms with Crippen LogP contribution in [0.2, 0.25) is 0 Å². The third-order valence-electron chi connectivity index (χ3n) is 6.29. The molecule has 2 aliphatic rings. The van der Waals surface area contributed by atoms with Crippen LogP contribution in [0.4, 0.5) is 0 Å². The zero-order chi connectivity index (χ0) is 20.1. The fraction of sp³-hybridized carbons (Fsp3) is 0.955. The average Bonchev–Trinajstić information content (AvgIpc) is 2.72. The molecule has 3 N–H and O–H groups in total. The van der Waals surface area contributed by atoms with Crippen LogP contribution in [0.25, 0.3) is 0 Å². The lowest BCUT2D eigenvalue weighted by atomic mass is 9.73. The molecule has 0 amide bonds. The Morgan fingerprint density at radius 3 is 2.50 bits per heavy atom. The van der Waals surface area contributed by atoms with E-state index in [-0.39, 0.29) is 6.61 Å². The second-order valence-corrected chi connectivity index (χ2v) is 8.69. The first-order chi connectivity index (χ1) is 13.7. The predicted molar refractivity (Wildman–Crippen MR) is 117 cm³/mol. The molecule has 2 fully saturated rings. The van der Waals surface area contributed by atoms with Crippen molar-refractivity contribution in [2.24, 2.45) is 16.3 Å². The monoisotopic (exact) mass is 396 g/mol. The molecule has 1 saturated carbocycles. The summed E-state index contributed by atoms with van der Waals surface area (Å²) in [6, 6.07) is 0. The van der Waals surface area contributed by atoms with Crippen LogP contribution in [0.15, 0.2) is 4.99 Å². The number of aliphatic imine (C=N–C) groups is 1. The van der Waals surface area contributed by atoms with Gasteiger partial charge in [-0.1, -0.05) is 32.6 Å². The van der Waals surface area contributed by atoms with Crippen LogP contribution in [0.3, 0.4) is 0 Å². The van der Waals surface area contributed by atoms with Gasteiger partial charge in [-0.25, -0.2) is 0 Å². The number of hydrogen-bond donors (Lipinski definition) is 3. The van der Waals surface area contributed by atoms with E-state index < -0.39 is 0 Å². The first-order valence-electron chi connectivity index (χ1n) is 11.6. The highest BCUT2D eigenvalue weighted by Crippen LogP contribution is 2.37. The molecule has 2 rings (SSSR count). The van der Waals surface area contributed by atoms with Gasteiger partial charge in [-0.3, -0.25) is 9.89 Å². The molecule has 1 aliphatic heterocycles. The Hall–Kier alpha value is -0.850. The van der Waals surface area contributed by atoms with Gasteiger partial charge in [0.25, 0.3) is 0 Å². The number of aliphatic hydroxyl groups is 1. The van der Waals surface area contributed by atoms with Gasteiger partial charge in [0.2, 0.25) is 0 Å². The molecule has 6 heteroatoms. The molecule has 1 aliphatic carbocycles. The van der Waals surface area contributed by atoms with Crippen LogP contribution in [0.1, 0.15) is 65.2 Å². The summed E-state index contributed by atoms with van der Waals surface area (Å²) < 4.78 is 5.54. The first kappa shape index (κ1) is 23.4. The van der Waals surface area contributed by atoms with E-state index in [0.717, 1.165) is 77.7 Å². The minimum absolute atomic E-state index is 0.267. The summed E-state index contributed by atoms with van der Waals surface area (Å²) in [6.45, 7) is 12.3. The van der Waals surface area contributed by atoms with Gasteiger partial charge >= 0.3 is 0 Å². The van der Waals surface area contributed by atoms with Crippen LogP contribution in [-0.2, 0) is 4.74 Å². The SMILES string of the molecule is CCCC(CCO)CNC(=NCC1(CN2CCOCC2)CCCCC1)NCC. The molecule has 1 atom stereocenters. The number of nitrogens with zero attached hydrogens (tertiary/aromatic N) is 2. The molecule has 0 aromatic heterocycles. The fourth-order valence-corrected chi connectivity index (χ4v) is 4.67. The van der Waals surface area contributed by atoms with E-state index in [1.165, 1.54) is 32.1 Å². The lowest BCUT2D eigenvalue weighted by Crippen LogP contribution is -2.47. The molecular formula is C22H44N4O2. The molecule has 0 radical (unpaired) electrons. The standard InChI is InChI=1S/C22H44N4O2/c1-3-8-20(9-14-27)17-24-21(23-4-2)25-18-22(10-6-5-7-11-22)19-26-12-15-28-16-13-26/h20,27H,3-19H2,1-2H3,(H2,23,24,25). The molecule has 0 aromatic rings. The largest absolute Gasteiger partial charge is 0.396 e. The van der Waals surface area contributed by atoms with Crippen molar-refractivity contribution >= 4 is 5.96 Å². The molecular weight excluding hydrogens is 352 g/mol. The van der Waals surface area contributed by atoms with E-state index in [1.807, 2.05) is 0 Å². The molecule has 164 valence electrons. The number of rotatable bonds is 11. The summed E-state index contributed by atoms with van der Waals surface area (Å²) in [5, 5.41) is 16.3. The van der Waals surface area contributed by atoms with Crippen LogP contribution >= 0.6 is 0 Å². The summed E-state index contributed by atoms with van der Waals surface area (Å²) in [4.78, 5) is 7.63. The van der Waals surface area contributed by atoms with Gasteiger partial charge in [0.1, 0.15) is 0 Å².